The summed E-state index contributed by atoms with van der Waals surface area (Å²) in [6.45, 7) is 6.54. The van der Waals surface area contributed by atoms with Crippen molar-refractivity contribution in [3.05, 3.63) is 47.2 Å². The maximum absolute atomic E-state index is 12.2. The Hall–Kier alpha value is -2.47. The number of anilines is 1. The molecule has 3 rings (SSSR count). The normalized spacial score (nSPS) is 10.8. The van der Waals surface area contributed by atoms with Crippen molar-refractivity contribution < 1.29 is 9.53 Å². The molecule has 0 unspecified atom stereocenters. The van der Waals surface area contributed by atoms with Crippen LogP contribution in [0, 0.1) is 13.8 Å². The fourth-order valence-corrected chi connectivity index (χ4v) is 3.39. The molecule has 0 saturated heterocycles. The van der Waals surface area contributed by atoms with Crippen molar-refractivity contribution in [2.75, 3.05) is 11.9 Å². The lowest BCUT2D eigenvalue weighted by atomic mass is 10.1. The van der Waals surface area contributed by atoms with Gasteiger partial charge in [0.25, 0.3) is 0 Å². The molecule has 0 radical (unpaired) electrons. The minimum atomic E-state index is -0.0902. The SMILES string of the molecule is CCOc1ccc(CC(=O)Nc2nc3nc(C)cc(C)c3s2)cc1. The zero-order valence-electron chi connectivity index (χ0n) is 13.9. The molecule has 2 heterocycles. The third-order valence-electron chi connectivity index (χ3n) is 3.52. The predicted octanol–water partition coefficient (Wildman–Crippen LogP) is 3.89. The predicted molar refractivity (Wildman–Crippen MR) is 96.8 cm³/mol. The van der Waals surface area contributed by atoms with Crippen LogP contribution >= 0.6 is 11.3 Å². The Labute approximate surface area is 144 Å². The third kappa shape index (κ3) is 3.71. The van der Waals surface area contributed by atoms with Crippen molar-refractivity contribution >= 4 is 32.7 Å². The van der Waals surface area contributed by atoms with Gasteiger partial charge in [0.15, 0.2) is 10.8 Å². The summed E-state index contributed by atoms with van der Waals surface area (Å²) in [4.78, 5) is 21.0. The second-order valence-electron chi connectivity index (χ2n) is 5.55. The molecule has 0 fully saturated rings. The van der Waals surface area contributed by atoms with Crippen LogP contribution in [0.3, 0.4) is 0 Å². The van der Waals surface area contributed by atoms with E-state index in [2.05, 4.69) is 15.3 Å². The Morgan fingerprint density at radius 1 is 1.21 bits per heavy atom. The van der Waals surface area contributed by atoms with Crippen LogP contribution in [0.15, 0.2) is 30.3 Å². The molecule has 3 aromatic rings. The number of carbonyl (C=O) groups is 1. The number of hydrogen-bond donors (Lipinski definition) is 1. The highest BCUT2D eigenvalue weighted by Gasteiger charge is 2.11. The van der Waals surface area contributed by atoms with Gasteiger partial charge in [-0.2, -0.15) is 4.98 Å². The summed E-state index contributed by atoms with van der Waals surface area (Å²) >= 11 is 1.45. The standard InChI is InChI=1S/C18H19N3O2S/c1-4-23-14-7-5-13(6-8-14)10-15(22)20-18-21-17-16(24-18)11(2)9-12(3)19-17/h5-9H,4,10H2,1-3H3,(H,19,20,21,22). The minimum absolute atomic E-state index is 0.0902. The first kappa shape index (κ1) is 16.4. The van der Waals surface area contributed by atoms with Gasteiger partial charge in [0.05, 0.1) is 17.7 Å². The van der Waals surface area contributed by atoms with Crippen LogP contribution in [-0.2, 0) is 11.2 Å². The van der Waals surface area contributed by atoms with E-state index in [0.29, 0.717) is 23.8 Å². The molecule has 0 aliphatic carbocycles. The molecule has 0 spiro atoms. The van der Waals surface area contributed by atoms with Crippen LogP contribution in [-0.4, -0.2) is 22.5 Å². The quantitative estimate of drug-likeness (QED) is 0.765. The highest BCUT2D eigenvalue weighted by atomic mass is 32.1. The summed E-state index contributed by atoms with van der Waals surface area (Å²) in [5, 5.41) is 3.45. The van der Waals surface area contributed by atoms with Crippen molar-refractivity contribution in [2.24, 2.45) is 0 Å². The molecule has 1 amide bonds. The van der Waals surface area contributed by atoms with Gasteiger partial charge in [-0.05, 0) is 50.1 Å². The van der Waals surface area contributed by atoms with Crippen LogP contribution in [0.4, 0.5) is 5.13 Å². The summed E-state index contributed by atoms with van der Waals surface area (Å²) in [7, 11) is 0. The Morgan fingerprint density at radius 2 is 1.96 bits per heavy atom. The molecule has 2 aromatic heterocycles. The maximum Gasteiger partial charge on any atom is 0.230 e. The monoisotopic (exact) mass is 341 g/mol. The number of hydrogen-bond acceptors (Lipinski definition) is 5. The topological polar surface area (TPSA) is 64.1 Å². The van der Waals surface area contributed by atoms with E-state index in [4.69, 9.17) is 4.74 Å². The van der Waals surface area contributed by atoms with Crippen molar-refractivity contribution in [3.63, 3.8) is 0 Å². The van der Waals surface area contributed by atoms with Gasteiger partial charge in [0, 0.05) is 5.69 Å². The average molecular weight is 341 g/mol. The molecule has 0 aliphatic rings. The number of rotatable bonds is 5. The highest BCUT2D eigenvalue weighted by molar-refractivity contribution is 7.22. The van der Waals surface area contributed by atoms with E-state index in [1.54, 1.807) is 0 Å². The van der Waals surface area contributed by atoms with E-state index in [-0.39, 0.29) is 5.91 Å². The van der Waals surface area contributed by atoms with Crippen LogP contribution in [0.1, 0.15) is 23.7 Å². The number of nitrogens with one attached hydrogen (secondary N) is 1. The van der Waals surface area contributed by atoms with E-state index in [9.17, 15) is 4.79 Å². The van der Waals surface area contributed by atoms with Crippen molar-refractivity contribution in [1.82, 2.24) is 9.97 Å². The molecule has 24 heavy (non-hydrogen) atoms. The van der Waals surface area contributed by atoms with E-state index >= 15 is 0 Å². The van der Waals surface area contributed by atoms with Crippen LogP contribution in [0.25, 0.3) is 10.3 Å². The second-order valence-corrected chi connectivity index (χ2v) is 6.55. The second kappa shape index (κ2) is 6.97. The molecule has 6 heteroatoms. The number of ether oxygens (including phenoxy) is 1. The Kier molecular flexibility index (Phi) is 4.76. The lowest BCUT2D eigenvalue weighted by molar-refractivity contribution is -0.115. The van der Waals surface area contributed by atoms with Gasteiger partial charge >= 0.3 is 0 Å². The maximum atomic E-state index is 12.2. The van der Waals surface area contributed by atoms with E-state index in [1.165, 1.54) is 11.3 Å². The lowest BCUT2D eigenvalue weighted by Crippen LogP contribution is -2.14. The molecule has 0 bridgehead atoms. The summed E-state index contributed by atoms with van der Waals surface area (Å²) in [6, 6.07) is 9.57. The molecule has 1 aromatic carbocycles. The van der Waals surface area contributed by atoms with Gasteiger partial charge in [0.1, 0.15) is 5.75 Å². The minimum Gasteiger partial charge on any atom is -0.494 e. The number of aromatic nitrogens is 2. The number of pyridine rings is 1. The molecule has 124 valence electrons. The van der Waals surface area contributed by atoms with Gasteiger partial charge in [0.2, 0.25) is 5.91 Å². The number of benzene rings is 1. The van der Waals surface area contributed by atoms with E-state index in [0.717, 1.165) is 27.3 Å². The summed E-state index contributed by atoms with van der Waals surface area (Å²) in [5.41, 5.74) is 3.68. The van der Waals surface area contributed by atoms with Crippen LogP contribution in [0.2, 0.25) is 0 Å². The first-order valence-electron chi connectivity index (χ1n) is 7.81. The summed E-state index contributed by atoms with van der Waals surface area (Å²) in [6.07, 6.45) is 0.299. The average Bonchev–Trinajstić information content (AvgIpc) is 2.92. The largest absolute Gasteiger partial charge is 0.494 e. The van der Waals surface area contributed by atoms with Gasteiger partial charge in [-0.1, -0.05) is 23.5 Å². The van der Waals surface area contributed by atoms with Gasteiger partial charge in [-0.15, -0.1) is 0 Å². The number of amides is 1. The first-order valence-corrected chi connectivity index (χ1v) is 8.63. The Bertz CT molecular complexity index is 872. The number of aryl methyl sites for hydroxylation is 2. The molecule has 0 aliphatic heterocycles. The van der Waals surface area contributed by atoms with E-state index in [1.807, 2.05) is 51.1 Å². The highest BCUT2D eigenvalue weighted by Crippen LogP contribution is 2.28. The summed E-state index contributed by atoms with van der Waals surface area (Å²) < 4.78 is 6.41. The lowest BCUT2D eigenvalue weighted by Gasteiger charge is -2.05. The van der Waals surface area contributed by atoms with Crippen LogP contribution in [0.5, 0.6) is 5.75 Å². The summed E-state index contributed by atoms with van der Waals surface area (Å²) in [5.74, 6) is 0.720. The molecular formula is C18H19N3O2S. The number of carbonyl (C=O) groups excluding carboxylic acids is 1. The molecular weight excluding hydrogens is 322 g/mol. The van der Waals surface area contributed by atoms with Gasteiger partial charge < -0.3 is 10.1 Å². The number of nitrogens with zero attached hydrogens (tertiary/aromatic N) is 2. The van der Waals surface area contributed by atoms with Gasteiger partial charge in [-0.3, -0.25) is 4.79 Å². The first-order chi connectivity index (χ1) is 11.5. The van der Waals surface area contributed by atoms with Crippen molar-refractivity contribution in [3.8, 4) is 5.75 Å². The van der Waals surface area contributed by atoms with Gasteiger partial charge in [-0.25, -0.2) is 4.98 Å². The van der Waals surface area contributed by atoms with Crippen LogP contribution < -0.4 is 10.1 Å². The smallest absolute Gasteiger partial charge is 0.230 e. The Balaban J connectivity index is 1.69. The molecule has 1 N–H and O–H groups in total. The number of thiazole rings is 1. The van der Waals surface area contributed by atoms with Crippen molar-refractivity contribution in [2.45, 2.75) is 27.2 Å². The number of fused-ring (bicyclic) bond motifs is 1. The molecule has 5 nitrogen and oxygen atoms in total. The van der Waals surface area contributed by atoms with Crippen molar-refractivity contribution in [1.29, 1.82) is 0 Å². The zero-order valence-corrected chi connectivity index (χ0v) is 14.7. The van der Waals surface area contributed by atoms with E-state index < -0.39 is 0 Å². The molecule has 0 saturated carbocycles. The zero-order chi connectivity index (χ0) is 17.1. The Morgan fingerprint density at radius 3 is 2.67 bits per heavy atom. The molecule has 0 atom stereocenters. The third-order valence-corrected chi connectivity index (χ3v) is 4.62. The fraction of sp³-hybridized carbons (Fsp3) is 0.278. The fourth-order valence-electron chi connectivity index (χ4n) is 2.50.